The number of nitro groups is 1. The number of amides is 1. The average molecular weight is 316 g/mol. The lowest BCUT2D eigenvalue weighted by Gasteiger charge is -2.38. The first-order valence-electron chi connectivity index (χ1n) is 8.50. The number of hydrogen-bond donors (Lipinski definition) is 1. The van der Waals surface area contributed by atoms with Gasteiger partial charge >= 0.3 is 0 Å². The zero-order valence-corrected chi connectivity index (χ0v) is 13.6. The Labute approximate surface area is 136 Å². The Morgan fingerprint density at radius 3 is 2.70 bits per heavy atom. The van der Waals surface area contributed by atoms with Gasteiger partial charge in [-0.2, -0.15) is 0 Å². The van der Waals surface area contributed by atoms with Crippen molar-refractivity contribution in [2.24, 2.45) is 5.92 Å². The highest BCUT2D eigenvalue weighted by Gasteiger charge is 2.53. The Morgan fingerprint density at radius 2 is 2.09 bits per heavy atom. The minimum absolute atomic E-state index is 0.0149. The topological polar surface area (TPSA) is 72.2 Å². The van der Waals surface area contributed by atoms with Gasteiger partial charge in [-0.15, -0.1) is 0 Å². The van der Waals surface area contributed by atoms with E-state index >= 15 is 0 Å². The van der Waals surface area contributed by atoms with E-state index in [1.807, 2.05) is 0 Å². The molecule has 2 aliphatic rings. The molecular formula is C18H24N2O3. The van der Waals surface area contributed by atoms with Crippen LogP contribution in [0.2, 0.25) is 0 Å². The van der Waals surface area contributed by atoms with E-state index in [1.54, 1.807) is 0 Å². The predicted octanol–water partition coefficient (Wildman–Crippen LogP) is 2.98. The summed E-state index contributed by atoms with van der Waals surface area (Å²) in [5.74, 6) is -0.576. The lowest BCUT2D eigenvalue weighted by Crippen LogP contribution is -2.43. The molecule has 2 saturated carbocycles. The van der Waals surface area contributed by atoms with Crippen molar-refractivity contribution in [2.45, 2.75) is 56.9 Å². The second-order valence-corrected chi connectivity index (χ2v) is 7.12. The molecule has 2 unspecified atom stereocenters. The van der Waals surface area contributed by atoms with Crippen LogP contribution in [0.1, 0.15) is 49.7 Å². The second kappa shape index (κ2) is 6.30. The Morgan fingerprint density at radius 1 is 1.35 bits per heavy atom. The molecule has 124 valence electrons. The number of carbonyl (C=O) groups excluding carboxylic acids is 1. The Balaban J connectivity index is 1.70. The summed E-state index contributed by atoms with van der Waals surface area (Å²) in [7, 11) is 0. The normalized spacial score (nSPS) is 25.6. The predicted molar refractivity (Wildman–Crippen MR) is 87.8 cm³/mol. The molecule has 5 nitrogen and oxygen atoms in total. The largest absolute Gasteiger partial charge is 0.355 e. The minimum atomic E-state index is -0.670. The smallest absolute Gasteiger partial charge is 0.230 e. The van der Waals surface area contributed by atoms with Crippen LogP contribution in [-0.2, 0) is 10.2 Å². The van der Waals surface area contributed by atoms with Crippen molar-refractivity contribution in [1.82, 2.24) is 5.32 Å². The SMILES string of the molecule is Cc1cccc(C2(CNC(=O)C3CC3[N+](=O)[O-])CCCCC2)c1. The van der Waals surface area contributed by atoms with Crippen molar-refractivity contribution < 1.29 is 9.72 Å². The van der Waals surface area contributed by atoms with E-state index in [1.165, 1.54) is 30.4 Å². The molecule has 23 heavy (non-hydrogen) atoms. The van der Waals surface area contributed by atoms with Crippen LogP contribution in [0, 0.1) is 23.0 Å². The summed E-state index contributed by atoms with van der Waals surface area (Å²) in [4.78, 5) is 22.6. The highest BCUT2D eigenvalue weighted by Crippen LogP contribution is 2.40. The van der Waals surface area contributed by atoms with E-state index in [9.17, 15) is 14.9 Å². The highest BCUT2D eigenvalue weighted by molar-refractivity contribution is 5.82. The van der Waals surface area contributed by atoms with Crippen LogP contribution >= 0.6 is 0 Å². The number of carbonyl (C=O) groups is 1. The maximum atomic E-state index is 12.2. The molecule has 0 aromatic heterocycles. The maximum Gasteiger partial charge on any atom is 0.230 e. The van der Waals surface area contributed by atoms with Gasteiger partial charge in [0.05, 0.1) is 0 Å². The lowest BCUT2D eigenvalue weighted by atomic mass is 9.69. The second-order valence-electron chi connectivity index (χ2n) is 7.12. The molecule has 0 spiro atoms. The van der Waals surface area contributed by atoms with E-state index in [0.29, 0.717) is 13.0 Å². The quantitative estimate of drug-likeness (QED) is 0.670. The van der Waals surface area contributed by atoms with Gasteiger partial charge in [0.15, 0.2) is 0 Å². The fraction of sp³-hybridized carbons (Fsp3) is 0.611. The molecule has 3 rings (SSSR count). The first kappa shape index (κ1) is 16.0. The van der Waals surface area contributed by atoms with Crippen molar-refractivity contribution in [1.29, 1.82) is 0 Å². The molecule has 1 amide bonds. The standard InChI is InChI=1S/C18H24N2O3/c1-13-6-5-7-14(10-13)18(8-3-2-4-9-18)12-19-17(21)15-11-16(15)20(22)23/h5-7,10,15-16H,2-4,8-9,11-12H2,1H3,(H,19,21). The molecule has 0 bridgehead atoms. The number of aryl methyl sites for hydroxylation is 1. The number of nitrogens with zero attached hydrogens (tertiary/aromatic N) is 1. The summed E-state index contributed by atoms with van der Waals surface area (Å²) >= 11 is 0. The molecule has 0 saturated heterocycles. The summed E-state index contributed by atoms with van der Waals surface area (Å²) in [6, 6.07) is 7.86. The van der Waals surface area contributed by atoms with Gasteiger partial charge in [-0.25, -0.2) is 0 Å². The highest BCUT2D eigenvalue weighted by atomic mass is 16.6. The molecule has 5 heteroatoms. The molecule has 1 N–H and O–H groups in total. The van der Waals surface area contributed by atoms with Crippen LogP contribution in [0.4, 0.5) is 0 Å². The monoisotopic (exact) mass is 316 g/mol. The summed E-state index contributed by atoms with van der Waals surface area (Å²) in [6.07, 6.45) is 6.11. The van der Waals surface area contributed by atoms with Gasteiger partial charge < -0.3 is 5.32 Å². The van der Waals surface area contributed by atoms with Gasteiger partial charge in [-0.05, 0) is 25.3 Å². The summed E-state index contributed by atoms with van der Waals surface area (Å²) < 4.78 is 0. The van der Waals surface area contributed by atoms with E-state index < -0.39 is 12.0 Å². The molecule has 2 fully saturated rings. The molecule has 1 aromatic carbocycles. The van der Waals surface area contributed by atoms with E-state index in [4.69, 9.17) is 0 Å². The molecule has 0 heterocycles. The van der Waals surface area contributed by atoms with E-state index in [0.717, 1.165) is 12.8 Å². The van der Waals surface area contributed by atoms with Gasteiger partial charge in [-0.3, -0.25) is 14.9 Å². The molecule has 0 aliphatic heterocycles. The average Bonchev–Trinajstić information content (AvgIpc) is 3.34. The van der Waals surface area contributed by atoms with Gasteiger partial charge in [0.1, 0.15) is 5.92 Å². The molecule has 0 radical (unpaired) electrons. The lowest BCUT2D eigenvalue weighted by molar-refractivity contribution is -0.497. The van der Waals surface area contributed by atoms with Crippen molar-refractivity contribution in [3.05, 3.63) is 45.5 Å². The van der Waals surface area contributed by atoms with Crippen LogP contribution in [0.15, 0.2) is 24.3 Å². The van der Waals surface area contributed by atoms with Crippen LogP contribution in [0.3, 0.4) is 0 Å². The van der Waals surface area contributed by atoms with Crippen LogP contribution in [0.25, 0.3) is 0 Å². The fourth-order valence-corrected chi connectivity index (χ4v) is 3.85. The molecular weight excluding hydrogens is 292 g/mol. The van der Waals surface area contributed by atoms with Crippen molar-refractivity contribution in [3.8, 4) is 0 Å². The number of hydrogen-bond acceptors (Lipinski definition) is 3. The van der Waals surface area contributed by atoms with Gasteiger partial charge in [0.2, 0.25) is 11.9 Å². The fourth-order valence-electron chi connectivity index (χ4n) is 3.85. The Kier molecular flexibility index (Phi) is 4.37. The third-order valence-corrected chi connectivity index (χ3v) is 5.41. The third-order valence-electron chi connectivity index (χ3n) is 5.41. The Hall–Kier alpha value is -1.91. The van der Waals surface area contributed by atoms with Crippen LogP contribution < -0.4 is 5.32 Å². The van der Waals surface area contributed by atoms with Crippen molar-refractivity contribution >= 4 is 5.91 Å². The number of nitrogens with one attached hydrogen (secondary N) is 1. The number of rotatable bonds is 5. The third kappa shape index (κ3) is 3.38. The first-order chi connectivity index (χ1) is 11.0. The zero-order valence-electron chi connectivity index (χ0n) is 13.6. The summed E-state index contributed by atoms with van der Waals surface area (Å²) in [5.41, 5.74) is 2.51. The van der Waals surface area contributed by atoms with Gasteiger partial charge in [-0.1, -0.05) is 49.1 Å². The van der Waals surface area contributed by atoms with Crippen molar-refractivity contribution in [2.75, 3.05) is 6.54 Å². The summed E-state index contributed by atoms with van der Waals surface area (Å²) in [5, 5.41) is 13.7. The molecule has 1 aromatic rings. The summed E-state index contributed by atoms with van der Waals surface area (Å²) in [6.45, 7) is 2.68. The number of benzene rings is 1. The molecule has 2 atom stereocenters. The maximum absolute atomic E-state index is 12.2. The van der Waals surface area contributed by atoms with Crippen molar-refractivity contribution in [3.63, 3.8) is 0 Å². The molecule has 2 aliphatic carbocycles. The van der Waals surface area contributed by atoms with Crippen LogP contribution in [0.5, 0.6) is 0 Å². The van der Waals surface area contributed by atoms with Crippen LogP contribution in [-0.4, -0.2) is 23.4 Å². The minimum Gasteiger partial charge on any atom is -0.355 e. The zero-order chi connectivity index (χ0) is 16.4. The van der Waals surface area contributed by atoms with Gasteiger partial charge in [0.25, 0.3) is 0 Å². The Bertz CT molecular complexity index is 608. The van der Waals surface area contributed by atoms with E-state index in [-0.39, 0.29) is 16.2 Å². The van der Waals surface area contributed by atoms with E-state index in [2.05, 4.69) is 36.5 Å². The van der Waals surface area contributed by atoms with Gasteiger partial charge in [0, 0.05) is 23.3 Å². The first-order valence-corrected chi connectivity index (χ1v) is 8.50.